The van der Waals surface area contributed by atoms with E-state index in [9.17, 15) is 9.90 Å². The molecule has 0 aromatic heterocycles. The lowest BCUT2D eigenvalue weighted by Crippen LogP contribution is -2.37. The van der Waals surface area contributed by atoms with Crippen LogP contribution in [0.3, 0.4) is 0 Å². The molecule has 1 aromatic carbocycles. The molecule has 2 aliphatic carbocycles. The second-order valence-corrected chi connectivity index (χ2v) is 9.11. The molecule has 1 saturated heterocycles. The molecule has 1 amide bonds. The van der Waals surface area contributed by atoms with E-state index in [1.807, 2.05) is 13.0 Å². The van der Waals surface area contributed by atoms with E-state index in [4.69, 9.17) is 0 Å². The summed E-state index contributed by atoms with van der Waals surface area (Å²) in [4.78, 5) is 16.1. The number of nitrogens with zero attached hydrogens (tertiary/aromatic N) is 2. The molecule has 0 unspecified atom stereocenters. The maximum absolute atomic E-state index is 11.8. The first-order valence-electron chi connectivity index (χ1n) is 11.5. The molecule has 1 N–H and O–H groups in total. The summed E-state index contributed by atoms with van der Waals surface area (Å²) in [5.41, 5.74) is 3.66. The minimum absolute atomic E-state index is 0.577. The third-order valence-corrected chi connectivity index (χ3v) is 7.46. The molecule has 3 aliphatic rings. The first-order valence-corrected chi connectivity index (χ1v) is 11.5. The van der Waals surface area contributed by atoms with Crippen molar-refractivity contribution in [3.63, 3.8) is 0 Å². The number of anilines is 1. The van der Waals surface area contributed by atoms with Crippen molar-refractivity contribution >= 4 is 11.8 Å². The lowest BCUT2D eigenvalue weighted by molar-refractivity contribution is 0.198. The Bertz CT molecular complexity index is 683. The van der Waals surface area contributed by atoms with Crippen LogP contribution in [0.15, 0.2) is 18.2 Å². The van der Waals surface area contributed by atoms with Crippen LogP contribution in [-0.2, 0) is 6.42 Å². The molecule has 4 nitrogen and oxygen atoms in total. The zero-order valence-electron chi connectivity index (χ0n) is 17.4. The Labute approximate surface area is 169 Å². The standard InChI is InChI=1S/C24H36N2O2/c1-2-15-26(24(27)28)23-10-6-9-19-20(23)11-12-22-21(19)14-17-25(22)16-13-18-7-4-3-5-8-18/h6,9-10,18,21-22H,2-5,7-8,11-17H2,1H3,(H,27,28)/t21-,22+/m0/s1. The van der Waals surface area contributed by atoms with E-state index in [0.29, 0.717) is 18.5 Å². The third kappa shape index (κ3) is 3.94. The van der Waals surface area contributed by atoms with Crippen molar-refractivity contribution in [1.82, 2.24) is 4.90 Å². The fourth-order valence-corrected chi connectivity index (χ4v) is 6.07. The Morgan fingerprint density at radius 3 is 2.75 bits per heavy atom. The molecule has 4 rings (SSSR count). The molecule has 4 heteroatoms. The number of benzene rings is 1. The fraction of sp³-hybridized carbons (Fsp3) is 0.708. The highest BCUT2D eigenvalue weighted by molar-refractivity contribution is 5.87. The zero-order chi connectivity index (χ0) is 19.5. The van der Waals surface area contributed by atoms with Crippen molar-refractivity contribution in [1.29, 1.82) is 0 Å². The monoisotopic (exact) mass is 384 g/mol. The Morgan fingerprint density at radius 2 is 2.00 bits per heavy atom. The Kier molecular flexibility index (Phi) is 6.25. The van der Waals surface area contributed by atoms with Gasteiger partial charge in [0.15, 0.2) is 0 Å². The van der Waals surface area contributed by atoms with E-state index < -0.39 is 6.09 Å². The lowest BCUT2D eigenvalue weighted by Gasteiger charge is -2.36. The number of likely N-dealkylation sites (tertiary alicyclic amines) is 1. The van der Waals surface area contributed by atoms with Gasteiger partial charge in [0.05, 0.1) is 5.69 Å². The average molecular weight is 385 g/mol. The van der Waals surface area contributed by atoms with E-state index in [-0.39, 0.29) is 0 Å². The van der Waals surface area contributed by atoms with E-state index in [1.54, 1.807) is 4.90 Å². The third-order valence-electron chi connectivity index (χ3n) is 7.46. The highest BCUT2D eigenvalue weighted by atomic mass is 16.4. The summed E-state index contributed by atoms with van der Waals surface area (Å²) < 4.78 is 0. The number of rotatable bonds is 6. The number of amides is 1. The van der Waals surface area contributed by atoms with E-state index in [1.165, 1.54) is 75.6 Å². The van der Waals surface area contributed by atoms with Gasteiger partial charge in [-0.3, -0.25) is 9.80 Å². The van der Waals surface area contributed by atoms with Crippen molar-refractivity contribution in [2.24, 2.45) is 5.92 Å². The van der Waals surface area contributed by atoms with E-state index >= 15 is 0 Å². The molecule has 1 aromatic rings. The van der Waals surface area contributed by atoms with Gasteiger partial charge in [0, 0.05) is 18.5 Å². The van der Waals surface area contributed by atoms with Gasteiger partial charge in [0.2, 0.25) is 0 Å². The van der Waals surface area contributed by atoms with Gasteiger partial charge < -0.3 is 5.11 Å². The number of carbonyl (C=O) groups is 1. The summed E-state index contributed by atoms with van der Waals surface area (Å²) in [6.07, 6.45) is 12.0. The van der Waals surface area contributed by atoms with E-state index in [0.717, 1.165) is 24.4 Å². The maximum Gasteiger partial charge on any atom is 0.411 e. The van der Waals surface area contributed by atoms with Crippen molar-refractivity contribution in [3.05, 3.63) is 29.3 Å². The molecule has 1 saturated carbocycles. The summed E-state index contributed by atoms with van der Waals surface area (Å²) in [5.74, 6) is 1.54. The Balaban J connectivity index is 1.48. The van der Waals surface area contributed by atoms with E-state index in [2.05, 4.69) is 17.0 Å². The molecule has 2 fully saturated rings. The quantitative estimate of drug-likeness (QED) is 0.689. The zero-order valence-corrected chi connectivity index (χ0v) is 17.4. The second kappa shape index (κ2) is 8.86. The molecule has 154 valence electrons. The van der Waals surface area contributed by atoms with Gasteiger partial charge in [-0.15, -0.1) is 0 Å². The van der Waals surface area contributed by atoms with Gasteiger partial charge in [-0.25, -0.2) is 4.79 Å². The predicted molar refractivity (Wildman–Crippen MR) is 114 cm³/mol. The van der Waals surface area contributed by atoms with Gasteiger partial charge in [0.1, 0.15) is 0 Å². The van der Waals surface area contributed by atoms with Crippen LogP contribution >= 0.6 is 0 Å². The summed E-state index contributed by atoms with van der Waals surface area (Å²) in [7, 11) is 0. The normalized spacial score (nSPS) is 25.3. The molecule has 28 heavy (non-hydrogen) atoms. The molecular weight excluding hydrogens is 348 g/mol. The van der Waals surface area contributed by atoms with Gasteiger partial charge in [-0.1, -0.05) is 51.2 Å². The van der Waals surface area contributed by atoms with Gasteiger partial charge >= 0.3 is 6.09 Å². The van der Waals surface area contributed by atoms with Crippen LogP contribution in [0.1, 0.15) is 81.8 Å². The van der Waals surface area contributed by atoms with Gasteiger partial charge in [-0.05, 0) is 68.3 Å². The highest BCUT2D eigenvalue weighted by Gasteiger charge is 2.39. The smallest absolute Gasteiger partial charge is 0.411 e. The van der Waals surface area contributed by atoms with Gasteiger partial charge in [-0.2, -0.15) is 0 Å². The topological polar surface area (TPSA) is 43.8 Å². The fourth-order valence-electron chi connectivity index (χ4n) is 6.07. The first kappa shape index (κ1) is 19.8. The van der Waals surface area contributed by atoms with Crippen LogP contribution < -0.4 is 4.90 Å². The summed E-state index contributed by atoms with van der Waals surface area (Å²) in [6.45, 7) is 5.09. The molecule has 2 atom stereocenters. The molecular formula is C24H36N2O2. The summed E-state index contributed by atoms with van der Waals surface area (Å²) in [5, 5.41) is 9.70. The Morgan fingerprint density at radius 1 is 1.18 bits per heavy atom. The molecule has 0 radical (unpaired) electrons. The molecule has 0 spiro atoms. The minimum atomic E-state index is -0.821. The highest BCUT2D eigenvalue weighted by Crippen LogP contribution is 2.44. The first-order chi connectivity index (χ1) is 13.7. The van der Waals surface area contributed by atoms with Crippen molar-refractivity contribution in [2.75, 3.05) is 24.5 Å². The number of hydrogen-bond acceptors (Lipinski definition) is 2. The number of carboxylic acid groups (broad SMARTS) is 1. The predicted octanol–water partition coefficient (Wildman–Crippen LogP) is 5.66. The molecule has 1 heterocycles. The largest absolute Gasteiger partial charge is 0.465 e. The van der Waals surface area contributed by atoms with Gasteiger partial charge in [0.25, 0.3) is 0 Å². The number of hydrogen-bond donors (Lipinski definition) is 1. The Hall–Kier alpha value is -1.55. The number of fused-ring (bicyclic) bond motifs is 3. The lowest BCUT2D eigenvalue weighted by atomic mass is 9.78. The van der Waals surface area contributed by atoms with Crippen LogP contribution in [0.25, 0.3) is 0 Å². The summed E-state index contributed by atoms with van der Waals surface area (Å²) in [6, 6.07) is 7.02. The maximum atomic E-state index is 11.8. The average Bonchev–Trinajstić information content (AvgIpc) is 3.14. The molecule has 0 bridgehead atoms. The van der Waals surface area contributed by atoms with Crippen LogP contribution in [0.5, 0.6) is 0 Å². The van der Waals surface area contributed by atoms with Crippen LogP contribution in [0.2, 0.25) is 0 Å². The van der Waals surface area contributed by atoms with Crippen molar-refractivity contribution < 1.29 is 9.90 Å². The van der Waals surface area contributed by atoms with Crippen molar-refractivity contribution in [3.8, 4) is 0 Å². The SMILES string of the molecule is CCCN(C(=O)O)c1cccc2c1CC[C@@H]1[C@H]2CCN1CCC1CCCCC1. The van der Waals surface area contributed by atoms with Crippen LogP contribution in [-0.4, -0.2) is 41.8 Å². The van der Waals surface area contributed by atoms with Crippen molar-refractivity contribution in [2.45, 2.75) is 83.1 Å². The summed E-state index contributed by atoms with van der Waals surface area (Å²) >= 11 is 0. The van der Waals surface area contributed by atoms with Crippen LogP contribution in [0.4, 0.5) is 10.5 Å². The minimum Gasteiger partial charge on any atom is -0.465 e. The second-order valence-electron chi connectivity index (χ2n) is 9.11. The molecule has 1 aliphatic heterocycles. The van der Waals surface area contributed by atoms with Crippen LogP contribution in [0, 0.1) is 5.92 Å².